The molecule has 0 radical (unpaired) electrons. The minimum absolute atomic E-state index is 0.148. The molecule has 6 nitrogen and oxygen atoms in total. The Morgan fingerprint density at radius 1 is 0.886 bits per heavy atom. The summed E-state index contributed by atoms with van der Waals surface area (Å²) in [5, 5.41) is 1.95. The molecule has 6 heteroatoms. The molecule has 3 aromatic carbocycles. The van der Waals surface area contributed by atoms with E-state index in [0.29, 0.717) is 24.5 Å². The maximum absolute atomic E-state index is 12.8. The highest BCUT2D eigenvalue weighted by Gasteiger charge is 2.14. The average molecular weight is 465 g/mol. The van der Waals surface area contributed by atoms with E-state index in [2.05, 4.69) is 4.98 Å². The molecule has 0 fully saturated rings. The number of hydrogen-bond donors (Lipinski definition) is 0. The average Bonchev–Trinajstić information content (AvgIpc) is 2.89. The molecule has 0 bridgehead atoms. The third kappa shape index (κ3) is 4.77. The van der Waals surface area contributed by atoms with Crippen LogP contribution >= 0.6 is 0 Å². The first kappa shape index (κ1) is 22.3. The fraction of sp³-hybridized carbons (Fsp3) is 0.138. The monoisotopic (exact) mass is 464 g/mol. The molecule has 0 amide bonds. The molecule has 0 unspecified atom stereocenters. The molecule has 35 heavy (non-hydrogen) atoms. The number of rotatable bonds is 7. The maximum Gasteiger partial charge on any atom is 0.338 e. The number of ether oxygens (including phenoxy) is 2. The summed E-state index contributed by atoms with van der Waals surface area (Å²) in [5.74, 6) is 0.291. The lowest BCUT2D eigenvalue weighted by atomic mass is 10.1. The van der Waals surface area contributed by atoms with Gasteiger partial charge in [0.1, 0.15) is 12.4 Å². The van der Waals surface area contributed by atoms with E-state index in [1.807, 2.05) is 66.7 Å². The van der Waals surface area contributed by atoms with Gasteiger partial charge >= 0.3 is 5.97 Å². The lowest BCUT2D eigenvalue weighted by Gasteiger charge is -2.14. The topological polar surface area (TPSA) is 70.4 Å². The van der Waals surface area contributed by atoms with E-state index in [-0.39, 0.29) is 12.1 Å². The van der Waals surface area contributed by atoms with Crippen LogP contribution in [0.15, 0.2) is 95.8 Å². The summed E-state index contributed by atoms with van der Waals surface area (Å²) >= 11 is 0. The number of hydrogen-bond acceptors (Lipinski definition) is 5. The zero-order valence-electron chi connectivity index (χ0n) is 19.3. The summed E-state index contributed by atoms with van der Waals surface area (Å²) in [5.41, 5.74) is 3.56. The van der Waals surface area contributed by atoms with E-state index in [9.17, 15) is 9.59 Å². The summed E-state index contributed by atoms with van der Waals surface area (Å²) in [6, 6.07) is 28.1. The van der Waals surface area contributed by atoms with Crippen LogP contribution in [0.5, 0.6) is 5.75 Å². The minimum Gasteiger partial charge on any atom is -0.487 e. The van der Waals surface area contributed by atoms with Crippen molar-refractivity contribution in [2.45, 2.75) is 20.1 Å². The normalized spacial score (nSPS) is 11.0. The highest BCUT2D eigenvalue weighted by molar-refractivity contribution is 5.91. The van der Waals surface area contributed by atoms with E-state index < -0.39 is 5.97 Å². The van der Waals surface area contributed by atoms with Crippen molar-refractivity contribution in [1.82, 2.24) is 9.55 Å². The third-order valence-corrected chi connectivity index (χ3v) is 5.85. The first-order chi connectivity index (χ1) is 17.1. The van der Waals surface area contributed by atoms with Gasteiger partial charge in [0.25, 0.3) is 5.56 Å². The van der Waals surface area contributed by atoms with E-state index >= 15 is 0 Å². The first-order valence-electron chi connectivity index (χ1n) is 11.5. The standard InChI is InChI=1S/C29H24N2O4/c1-2-34-29(33)25-9-5-3-8-22(25)18-31-27-15-14-24(17-21(27)12-16-28(31)32)35-19-23-13-11-20-7-4-6-10-26(20)30-23/h3-17H,2,18-19H2,1H3. The molecule has 2 heterocycles. The molecule has 5 rings (SSSR count). The van der Waals surface area contributed by atoms with E-state index in [4.69, 9.17) is 9.47 Å². The molecule has 174 valence electrons. The van der Waals surface area contributed by atoms with Gasteiger partial charge in [-0.25, -0.2) is 9.78 Å². The van der Waals surface area contributed by atoms with Gasteiger partial charge in [0.15, 0.2) is 0 Å². The van der Waals surface area contributed by atoms with Crippen molar-refractivity contribution in [3.63, 3.8) is 0 Å². The van der Waals surface area contributed by atoms with Crippen LogP contribution in [0, 0.1) is 0 Å². The fourth-order valence-electron chi connectivity index (χ4n) is 4.12. The van der Waals surface area contributed by atoms with Crippen molar-refractivity contribution in [2.24, 2.45) is 0 Å². The molecule has 0 aliphatic heterocycles. The van der Waals surface area contributed by atoms with Crippen LogP contribution < -0.4 is 10.3 Å². The summed E-state index contributed by atoms with van der Waals surface area (Å²) in [6.45, 7) is 2.65. The largest absolute Gasteiger partial charge is 0.487 e. The number of pyridine rings is 2. The molecule has 0 saturated heterocycles. The smallest absolute Gasteiger partial charge is 0.338 e. The zero-order valence-corrected chi connectivity index (χ0v) is 19.3. The predicted molar refractivity (Wildman–Crippen MR) is 136 cm³/mol. The Kier molecular flexibility index (Phi) is 6.26. The molecule has 0 N–H and O–H groups in total. The Hall–Kier alpha value is -4.45. The van der Waals surface area contributed by atoms with Crippen molar-refractivity contribution >= 4 is 27.8 Å². The lowest BCUT2D eigenvalue weighted by molar-refractivity contribution is 0.0525. The molecule has 0 saturated carbocycles. The van der Waals surface area contributed by atoms with Gasteiger partial charge in [-0.05, 0) is 55.0 Å². The number of nitrogens with zero attached hydrogens (tertiary/aromatic N) is 2. The van der Waals surface area contributed by atoms with Crippen molar-refractivity contribution in [2.75, 3.05) is 6.61 Å². The van der Waals surface area contributed by atoms with Crippen molar-refractivity contribution in [3.8, 4) is 5.75 Å². The summed E-state index contributed by atoms with van der Waals surface area (Å²) in [6.07, 6.45) is 0. The van der Waals surface area contributed by atoms with E-state index in [1.54, 1.807) is 29.7 Å². The lowest BCUT2D eigenvalue weighted by Crippen LogP contribution is -2.21. The molecule has 0 aliphatic carbocycles. The second-order valence-corrected chi connectivity index (χ2v) is 8.14. The van der Waals surface area contributed by atoms with Gasteiger partial charge in [-0.1, -0.05) is 42.5 Å². The molecule has 2 aromatic heterocycles. The highest BCUT2D eigenvalue weighted by atomic mass is 16.5. The first-order valence-corrected chi connectivity index (χ1v) is 11.5. The van der Waals surface area contributed by atoms with E-state index in [0.717, 1.165) is 33.1 Å². The Morgan fingerprint density at radius 2 is 1.69 bits per heavy atom. The van der Waals surface area contributed by atoms with Crippen LogP contribution in [0.25, 0.3) is 21.8 Å². The molecular weight excluding hydrogens is 440 g/mol. The number of fused-ring (bicyclic) bond motifs is 2. The summed E-state index contributed by atoms with van der Waals surface area (Å²) in [7, 11) is 0. The highest BCUT2D eigenvalue weighted by Crippen LogP contribution is 2.22. The molecule has 5 aromatic rings. The number of para-hydroxylation sites is 1. The molecule has 0 spiro atoms. The molecule has 0 aliphatic rings. The zero-order chi connectivity index (χ0) is 24.2. The van der Waals surface area contributed by atoms with Crippen LogP contribution in [-0.2, 0) is 17.9 Å². The summed E-state index contributed by atoms with van der Waals surface area (Å²) in [4.78, 5) is 29.8. The predicted octanol–water partition coefficient (Wildman–Crippen LogP) is 5.35. The molecule has 0 atom stereocenters. The Balaban J connectivity index is 1.41. The van der Waals surface area contributed by atoms with Crippen molar-refractivity contribution in [1.29, 1.82) is 0 Å². The fourth-order valence-corrected chi connectivity index (χ4v) is 4.12. The number of carbonyl (C=O) groups is 1. The van der Waals surface area contributed by atoms with E-state index in [1.165, 1.54) is 6.07 Å². The van der Waals surface area contributed by atoms with Gasteiger partial charge in [0.2, 0.25) is 0 Å². The Bertz CT molecular complexity index is 1590. The molecular formula is C29H24N2O4. The number of aromatic nitrogens is 2. The van der Waals surface area contributed by atoms with Gasteiger partial charge in [0, 0.05) is 16.8 Å². The van der Waals surface area contributed by atoms with Gasteiger partial charge in [0.05, 0.1) is 35.4 Å². The Morgan fingerprint density at radius 3 is 2.57 bits per heavy atom. The van der Waals surface area contributed by atoms with Gasteiger partial charge in [-0.2, -0.15) is 0 Å². The van der Waals surface area contributed by atoms with Crippen molar-refractivity contribution in [3.05, 3.63) is 118 Å². The number of carbonyl (C=O) groups excluding carboxylic acids is 1. The number of benzene rings is 3. The minimum atomic E-state index is -0.394. The van der Waals surface area contributed by atoms with Crippen molar-refractivity contribution < 1.29 is 14.3 Å². The SMILES string of the molecule is CCOC(=O)c1ccccc1Cn1c(=O)ccc2cc(OCc3ccc4ccccc4n3)ccc21. The van der Waals surface area contributed by atoms with Gasteiger partial charge in [-0.3, -0.25) is 4.79 Å². The number of esters is 1. The quantitative estimate of drug-likeness (QED) is 0.304. The van der Waals surface area contributed by atoms with Crippen LogP contribution in [-0.4, -0.2) is 22.1 Å². The van der Waals surface area contributed by atoms with Crippen LogP contribution in [0.2, 0.25) is 0 Å². The van der Waals surface area contributed by atoms with Crippen LogP contribution in [0.1, 0.15) is 28.5 Å². The second kappa shape index (κ2) is 9.81. The second-order valence-electron chi connectivity index (χ2n) is 8.14. The van der Waals surface area contributed by atoms with Gasteiger partial charge < -0.3 is 14.0 Å². The third-order valence-electron chi connectivity index (χ3n) is 5.85. The Labute approximate surface area is 202 Å². The summed E-state index contributed by atoms with van der Waals surface area (Å²) < 4.78 is 12.8. The van der Waals surface area contributed by atoms with Crippen LogP contribution in [0.3, 0.4) is 0 Å². The van der Waals surface area contributed by atoms with Crippen LogP contribution in [0.4, 0.5) is 0 Å². The maximum atomic E-state index is 12.8. The van der Waals surface area contributed by atoms with Gasteiger partial charge in [-0.15, -0.1) is 0 Å².